The summed E-state index contributed by atoms with van der Waals surface area (Å²) in [5.74, 6) is -0.217. The normalized spacial score (nSPS) is 22.7. The number of rotatable bonds is 3. The molecule has 140 valence electrons. The Labute approximate surface area is 170 Å². The van der Waals surface area contributed by atoms with E-state index in [0.29, 0.717) is 6.42 Å². The van der Waals surface area contributed by atoms with Crippen LogP contribution >= 0.6 is 11.8 Å². The first kappa shape index (κ1) is 18.4. The van der Waals surface area contributed by atoms with Gasteiger partial charge in [-0.15, -0.1) is 0 Å². The molecule has 8 heteroatoms. The van der Waals surface area contributed by atoms with Gasteiger partial charge in [0.1, 0.15) is 0 Å². The van der Waals surface area contributed by atoms with Gasteiger partial charge in [0.2, 0.25) is 0 Å². The molecule has 0 saturated carbocycles. The Bertz CT molecular complexity index is 1050. The second-order valence-corrected chi connectivity index (χ2v) is 17.0. The fraction of sp³-hybridized carbons (Fsp3) is 0.200. The van der Waals surface area contributed by atoms with Gasteiger partial charge in [0.25, 0.3) is 0 Å². The summed E-state index contributed by atoms with van der Waals surface area (Å²) in [5, 5.41) is 1.71. The average molecular weight is 503 g/mol. The van der Waals surface area contributed by atoms with E-state index in [0.717, 1.165) is 35.0 Å². The maximum atomic E-state index is 12.8. The number of alkyl halides is 3. The molecule has 2 unspecified atom stereocenters. The first-order valence-corrected chi connectivity index (χ1v) is 14.9. The van der Waals surface area contributed by atoms with E-state index in [1.54, 1.807) is 0 Å². The molecule has 3 heterocycles. The molecule has 1 fully saturated rings. The molecule has 28 heavy (non-hydrogen) atoms. The van der Waals surface area contributed by atoms with E-state index >= 15 is 0 Å². The predicted molar refractivity (Wildman–Crippen MR) is 103 cm³/mol. The van der Waals surface area contributed by atoms with Gasteiger partial charge >= 0.3 is 171 Å². The fourth-order valence-corrected chi connectivity index (χ4v) is 18.9. The molecule has 0 radical (unpaired) electrons. The molecule has 4 bridgehead atoms. The Morgan fingerprint density at radius 1 is 1.07 bits per heavy atom. The van der Waals surface area contributed by atoms with Crippen LogP contribution in [0.1, 0.15) is 25.9 Å². The van der Waals surface area contributed by atoms with Gasteiger partial charge < -0.3 is 0 Å². The fourth-order valence-electron chi connectivity index (χ4n) is 4.56. The van der Waals surface area contributed by atoms with Crippen LogP contribution in [-0.4, -0.2) is 37.8 Å². The monoisotopic (exact) mass is 503 g/mol. The quantitative estimate of drug-likeness (QED) is 0.697. The summed E-state index contributed by atoms with van der Waals surface area (Å²) in [6.45, 7) is 0. The number of allylic oxidation sites excluding steroid dienone is 1. The van der Waals surface area contributed by atoms with Gasteiger partial charge in [0, 0.05) is 0 Å². The van der Waals surface area contributed by atoms with E-state index in [9.17, 15) is 22.8 Å². The van der Waals surface area contributed by atoms with E-state index in [-0.39, 0.29) is 20.1 Å². The molecule has 3 nitrogen and oxygen atoms in total. The topological polar surface area (TPSA) is 46.2 Å². The van der Waals surface area contributed by atoms with Crippen molar-refractivity contribution in [1.82, 2.24) is 5.32 Å². The number of amides is 2. The molecule has 3 aliphatic rings. The van der Waals surface area contributed by atoms with Crippen LogP contribution in [0.5, 0.6) is 0 Å². The van der Waals surface area contributed by atoms with Gasteiger partial charge in [-0.1, -0.05) is 0 Å². The van der Waals surface area contributed by atoms with Crippen LogP contribution in [0, 0.1) is 0 Å². The zero-order valence-electron chi connectivity index (χ0n) is 14.4. The molecule has 0 aromatic heterocycles. The molecule has 2 atom stereocenters. The minimum absolute atomic E-state index is 0.0905. The standard InChI is InChI=1S/C20H13F3NO2S.In/c21-20(22,23)16-10-8-13(9-11-16)4-3-7-14-5-1-2-6-15(14)12-17-18(25)24-19(26)27-17;/h1-2,6-12,17H,4H2,(H,24,25,26);. The van der Waals surface area contributed by atoms with Crippen molar-refractivity contribution in [3.63, 3.8) is 0 Å². The predicted octanol–water partition coefficient (Wildman–Crippen LogP) is 3.57. The summed E-state index contributed by atoms with van der Waals surface area (Å²) in [6, 6.07) is 11.5. The van der Waals surface area contributed by atoms with E-state index < -0.39 is 33.2 Å². The van der Waals surface area contributed by atoms with Crippen molar-refractivity contribution in [3.05, 3.63) is 68.0 Å². The summed E-state index contributed by atoms with van der Waals surface area (Å²) in [4.78, 5) is 24.0. The van der Waals surface area contributed by atoms with Crippen LogP contribution < -0.4 is 8.64 Å². The van der Waals surface area contributed by atoms with Crippen molar-refractivity contribution < 1.29 is 22.8 Å². The SMILES string of the molecule is O=C1NC(=O)C([CH]2c3ccc[c]4c3C=[C](Cc3ccc(C(F)(F)F)cc3)[In]42)S1. The number of benzene rings is 2. The molecule has 5 rings (SSSR count). The average Bonchev–Trinajstić information content (AvgIpc) is 3.20. The van der Waals surface area contributed by atoms with E-state index in [2.05, 4.69) is 17.5 Å². The molecule has 3 aliphatic heterocycles. The second kappa shape index (κ2) is 6.42. The summed E-state index contributed by atoms with van der Waals surface area (Å²) in [5.41, 5.74) is 2.54. The maximum absolute atomic E-state index is 12.8. The summed E-state index contributed by atoms with van der Waals surface area (Å²) in [7, 11) is 0. The van der Waals surface area contributed by atoms with Crippen molar-refractivity contribution in [2.24, 2.45) is 0 Å². The van der Waals surface area contributed by atoms with Crippen LogP contribution in [0.2, 0.25) is 0 Å². The molecule has 1 saturated heterocycles. The van der Waals surface area contributed by atoms with Gasteiger partial charge in [0.15, 0.2) is 0 Å². The third-order valence-electron chi connectivity index (χ3n) is 5.69. The minimum atomic E-state index is -4.34. The Balaban J connectivity index is 1.45. The van der Waals surface area contributed by atoms with Crippen molar-refractivity contribution >= 4 is 53.7 Å². The molecule has 1 N–H and O–H groups in total. The number of carbonyl (C=O) groups is 2. The molecular weight excluding hydrogens is 490 g/mol. The third kappa shape index (κ3) is 2.84. The second-order valence-electron chi connectivity index (χ2n) is 7.26. The van der Waals surface area contributed by atoms with E-state index in [4.69, 9.17) is 0 Å². The van der Waals surface area contributed by atoms with Crippen LogP contribution in [0.25, 0.3) is 6.08 Å². The van der Waals surface area contributed by atoms with Gasteiger partial charge in [-0.25, -0.2) is 0 Å². The van der Waals surface area contributed by atoms with Crippen LogP contribution in [0.4, 0.5) is 18.0 Å². The first-order valence-electron chi connectivity index (χ1n) is 8.84. The molecule has 2 amide bonds. The zero-order valence-corrected chi connectivity index (χ0v) is 18.5. The van der Waals surface area contributed by atoms with Crippen molar-refractivity contribution in [3.8, 4) is 0 Å². The number of hydrogen-bond donors (Lipinski definition) is 1. The number of carbonyl (C=O) groups excluding carboxylic acids is 2. The first-order chi connectivity index (χ1) is 13.3. The van der Waals surface area contributed by atoms with Gasteiger partial charge in [-0.2, -0.15) is 0 Å². The molecule has 2 aromatic rings. The number of hydrogen-bond acceptors (Lipinski definition) is 3. The third-order valence-corrected chi connectivity index (χ3v) is 18.4. The number of nitrogens with one attached hydrogen (secondary N) is 1. The number of thioether (sulfide) groups is 1. The summed E-state index contributed by atoms with van der Waals surface area (Å²) < 4.78 is 41.1. The molecular formula is C20H13F3InNO2S. The van der Waals surface area contributed by atoms with Crippen molar-refractivity contribution in [2.45, 2.75) is 21.5 Å². The van der Waals surface area contributed by atoms with E-state index in [1.807, 2.05) is 12.1 Å². The number of imide groups is 1. The molecule has 0 spiro atoms. The van der Waals surface area contributed by atoms with Crippen molar-refractivity contribution in [1.29, 1.82) is 0 Å². The summed E-state index contributed by atoms with van der Waals surface area (Å²) >= 11 is -1.53. The molecule has 2 aromatic carbocycles. The molecule has 0 aliphatic carbocycles. The van der Waals surface area contributed by atoms with Crippen LogP contribution in [-0.2, 0) is 17.4 Å². The Hall–Kier alpha value is -1.67. The van der Waals surface area contributed by atoms with Gasteiger partial charge in [-0.05, 0) is 0 Å². The summed E-state index contributed by atoms with van der Waals surface area (Å²) in [6.07, 6.45) is -1.55. The van der Waals surface area contributed by atoms with Crippen LogP contribution in [0.15, 0.2) is 45.8 Å². The Morgan fingerprint density at radius 2 is 1.82 bits per heavy atom. The Kier molecular flexibility index (Phi) is 4.21. The zero-order chi connectivity index (χ0) is 19.6. The Morgan fingerprint density at radius 3 is 2.43 bits per heavy atom. The van der Waals surface area contributed by atoms with E-state index in [1.165, 1.54) is 24.3 Å². The van der Waals surface area contributed by atoms with Crippen LogP contribution in [0.3, 0.4) is 0 Å². The van der Waals surface area contributed by atoms with Gasteiger partial charge in [0.05, 0.1) is 0 Å². The van der Waals surface area contributed by atoms with Crippen molar-refractivity contribution in [2.75, 3.05) is 0 Å². The van der Waals surface area contributed by atoms with Gasteiger partial charge in [-0.3, -0.25) is 0 Å². The number of halogens is 3.